The summed E-state index contributed by atoms with van der Waals surface area (Å²) < 4.78 is 6.91. The average Bonchev–Trinajstić information content (AvgIpc) is 2.87. The monoisotopic (exact) mass is 344 g/mol. The van der Waals surface area contributed by atoms with Crippen LogP contribution in [0, 0.1) is 6.92 Å². The average molecular weight is 344 g/mol. The maximum atomic E-state index is 9.07. The lowest BCUT2D eigenvalue weighted by Crippen LogP contribution is -2.32. The first kappa shape index (κ1) is 15.7. The van der Waals surface area contributed by atoms with E-state index in [1.165, 1.54) is 0 Å². The van der Waals surface area contributed by atoms with E-state index < -0.39 is 0 Å². The van der Waals surface area contributed by atoms with Crippen molar-refractivity contribution in [1.29, 1.82) is 0 Å². The highest BCUT2D eigenvalue weighted by Crippen LogP contribution is 2.38. The summed E-state index contributed by atoms with van der Waals surface area (Å²) in [7, 11) is 0. The molecule has 0 atom stereocenters. The van der Waals surface area contributed by atoms with Crippen molar-refractivity contribution in [3.05, 3.63) is 23.1 Å². The Labute approximate surface area is 143 Å². The van der Waals surface area contributed by atoms with Gasteiger partial charge in [0.1, 0.15) is 16.5 Å². The van der Waals surface area contributed by atoms with E-state index in [4.69, 9.17) is 14.8 Å². The summed E-state index contributed by atoms with van der Waals surface area (Å²) >= 11 is 1.60. The molecule has 6 nitrogen and oxygen atoms in total. The number of hydrogen-bond donors (Lipinski definition) is 2. The van der Waals surface area contributed by atoms with Crippen LogP contribution in [-0.4, -0.2) is 38.8 Å². The standard InChI is InChI=1S/C17H20N4O2S/c1-9-19-13-11-6-10-8-23-17(2,3)7-12(10)21-16(11)24-14(13)15(20-9)18-4-5-22/h6,22H,4-5,7-8H2,1-3H3,(H,18,19,20). The lowest BCUT2D eigenvalue weighted by molar-refractivity contribution is -0.0411. The molecule has 126 valence electrons. The molecule has 0 amide bonds. The Morgan fingerprint density at radius 3 is 2.96 bits per heavy atom. The molecule has 7 heteroatoms. The molecule has 0 saturated carbocycles. The summed E-state index contributed by atoms with van der Waals surface area (Å²) in [5.74, 6) is 1.47. The molecule has 0 unspecified atom stereocenters. The number of rotatable bonds is 3. The van der Waals surface area contributed by atoms with Gasteiger partial charge in [-0.3, -0.25) is 0 Å². The smallest absolute Gasteiger partial charge is 0.147 e. The predicted molar refractivity (Wildman–Crippen MR) is 95.6 cm³/mol. The molecule has 24 heavy (non-hydrogen) atoms. The van der Waals surface area contributed by atoms with Gasteiger partial charge in [0.25, 0.3) is 0 Å². The molecule has 4 heterocycles. The summed E-state index contributed by atoms with van der Waals surface area (Å²) in [5, 5.41) is 13.3. The molecule has 0 saturated heterocycles. The van der Waals surface area contributed by atoms with E-state index in [-0.39, 0.29) is 12.2 Å². The molecular formula is C17H20N4O2S. The summed E-state index contributed by atoms with van der Waals surface area (Å²) in [5.41, 5.74) is 3.00. The lowest BCUT2D eigenvalue weighted by atomic mass is 9.95. The Balaban J connectivity index is 1.92. The molecule has 3 aromatic heterocycles. The van der Waals surface area contributed by atoms with Crippen LogP contribution in [-0.2, 0) is 17.8 Å². The molecule has 4 rings (SSSR count). The van der Waals surface area contributed by atoms with E-state index in [0.717, 1.165) is 43.9 Å². The first-order valence-corrected chi connectivity index (χ1v) is 8.87. The molecule has 0 fully saturated rings. The Hall–Kier alpha value is -1.83. The van der Waals surface area contributed by atoms with Crippen molar-refractivity contribution >= 4 is 37.6 Å². The zero-order chi connectivity index (χ0) is 16.9. The van der Waals surface area contributed by atoms with Crippen molar-refractivity contribution in [3.63, 3.8) is 0 Å². The van der Waals surface area contributed by atoms with Gasteiger partial charge in [0.05, 0.1) is 34.7 Å². The van der Waals surface area contributed by atoms with E-state index in [1.54, 1.807) is 11.3 Å². The fourth-order valence-corrected chi connectivity index (χ4v) is 4.14. The Morgan fingerprint density at radius 2 is 2.17 bits per heavy atom. The minimum atomic E-state index is -0.172. The van der Waals surface area contributed by atoms with Crippen LogP contribution in [0.1, 0.15) is 30.9 Å². The maximum absolute atomic E-state index is 9.07. The first-order chi connectivity index (χ1) is 11.5. The van der Waals surface area contributed by atoms with Gasteiger partial charge in [-0.05, 0) is 26.8 Å². The zero-order valence-electron chi connectivity index (χ0n) is 14.0. The molecule has 1 aliphatic rings. The minimum Gasteiger partial charge on any atom is -0.395 e. The van der Waals surface area contributed by atoms with Gasteiger partial charge in [-0.25, -0.2) is 15.0 Å². The van der Waals surface area contributed by atoms with Crippen molar-refractivity contribution in [2.75, 3.05) is 18.5 Å². The molecule has 2 N–H and O–H groups in total. The second-order valence-corrected chi connectivity index (χ2v) is 7.72. The van der Waals surface area contributed by atoms with E-state index >= 15 is 0 Å². The van der Waals surface area contributed by atoms with Crippen LogP contribution < -0.4 is 5.32 Å². The highest BCUT2D eigenvalue weighted by molar-refractivity contribution is 7.25. The third-order valence-electron chi connectivity index (χ3n) is 4.20. The van der Waals surface area contributed by atoms with Gasteiger partial charge in [0.2, 0.25) is 0 Å². The predicted octanol–water partition coefficient (Wildman–Crippen LogP) is 2.80. The summed E-state index contributed by atoms with van der Waals surface area (Å²) in [4.78, 5) is 15.0. The van der Waals surface area contributed by atoms with Gasteiger partial charge in [0.15, 0.2) is 0 Å². The van der Waals surface area contributed by atoms with Gasteiger partial charge in [-0.2, -0.15) is 0 Å². The highest BCUT2D eigenvalue weighted by Gasteiger charge is 2.28. The third-order valence-corrected chi connectivity index (χ3v) is 5.30. The number of thiophene rings is 1. The molecule has 0 aromatic carbocycles. The number of pyridine rings is 1. The van der Waals surface area contributed by atoms with Crippen LogP contribution in [0.15, 0.2) is 6.07 Å². The van der Waals surface area contributed by atoms with Gasteiger partial charge in [-0.15, -0.1) is 11.3 Å². The van der Waals surface area contributed by atoms with Crippen LogP contribution in [0.2, 0.25) is 0 Å². The molecular weight excluding hydrogens is 324 g/mol. The largest absolute Gasteiger partial charge is 0.395 e. The topological polar surface area (TPSA) is 80.2 Å². The first-order valence-electron chi connectivity index (χ1n) is 8.05. The minimum absolute atomic E-state index is 0.0639. The summed E-state index contributed by atoms with van der Waals surface area (Å²) in [6.07, 6.45) is 0.812. The van der Waals surface area contributed by atoms with Gasteiger partial charge < -0.3 is 15.2 Å². The third kappa shape index (κ3) is 2.62. The number of aliphatic hydroxyl groups is 1. The number of fused-ring (bicyclic) bond motifs is 4. The van der Waals surface area contributed by atoms with Crippen molar-refractivity contribution in [2.24, 2.45) is 0 Å². The van der Waals surface area contributed by atoms with Crippen LogP contribution in [0.5, 0.6) is 0 Å². The van der Waals surface area contributed by atoms with Crippen LogP contribution in [0.3, 0.4) is 0 Å². The van der Waals surface area contributed by atoms with Crippen molar-refractivity contribution in [3.8, 4) is 0 Å². The number of aryl methyl sites for hydroxylation is 1. The molecule has 0 aliphatic carbocycles. The maximum Gasteiger partial charge on any atom is 0.147 e. The van der Waals surface area contributed by atoms with Crippen LogP contribution >= 0.6 is 11.3 Å². The summed E-state index contributed by atoms with van der Waals surface area (Å²) in [6.45, 7) is 7.18. The number of ether oxygens (including phenoxy) is 1. The molecule has 1 aliphatic heterocycles. The number of anilines is 1. The number of hydrogen-bond acceptors (Lipinski definition) is 7. The van der Waals surface area contributed by atoms with E-state index in [2.05, 4.69) is 35.2 Å². The number of nitrogens with zero attached hydrogens (tertiary/aromatic N) is 3. The fourth-order valence-electron chi connectivity index (χ4n) is 3.06. The van der Waals surface area contributed by atoms with E-state index in [1.807, 2.05) is 6.92 Å². The Morgan fingerprint density at radius 1 is 1.33 bits per heavy atom. The van der Waals surface area contributed by atoms with Crippen LogP contribution in [0.25, 0.3) is 20.4 Å². The second kappa shape index (κ2) is 5.61. The van der Waals surface area contributed by atoms with E-state index in [0.29, 0.717) is 19.0 Å². The molecule has 0 spiro atoms. The quantitative estimate of drug-likeness (QED) is 0.760. The van der Waals surface area contributed by atoms with E-state index in [9.17, 15) is 0 Å². The lowest BCUT2D eigenvalue weighted by Gasteiger charge is -2.30. The zero-order valence-corrected chi connectivity index (χ0v) is 14.8. The van der Waals surface area contributed by atoms with Gasteiger partial charge >= 0.3 is 0 Å². The Bertz CT molecular complexity index is 935. The number of aliphatic hydroxyl groups excluding tert-OH is 1. The van der Waals surface area contributed by atoms with Crippen LogP contribution in [0.4, 0.5) is 5.82 Å². The molecule has 0 radical (unpaired) electrons. The second-order valence-electron chi connectivity index (χ2n) is 6.72. The molecule has 0 bridgehead atoms. The number of nitrogens with one attached hydrogen (secondary N) is 1. The Kier molecular flexibility index (Phi) is 3.67. The van der Waals surface area contributed by atoms with Crippen molar-refractivity contribution < 1.29 is 9.84 Å². The summed E-state index contributed by atoms with van der Waals surface area (Å²) in [6, 6.07) is 2.16. The molecule has 3 aromatic rings. The highest BCUT2D eigenvalue weighted by atomic mass is 32.1. The van der Waals surface area contributed by atoms with Crippen molar-refractivity contribution in [2.45, 2.75) is 39.4 Å². The van der Waals surface area contributed by atoms with Gasteiger partial charge in [0, 0.05) is 23.9 Å². The fraction of sp³-hybridized carbons (Fsp3) is 0.471. The van der Waals surface area contributed by atoms with Gasteiger partial charge in [-0.1, -0.05) is 0 Å². The number of aromatic nitrogens is 3. The SMILES string of the molecule is Cc1nc(NCCO)c2sc3nc4c(cc3c2n1)COC(C)(C)C4. The normalized spacial score (nSPS) is 16.5. The van der Waals surface area contributed by atoms with Crippen molar-refractivity contribution in [1.82, 2.24) is 15.0 Å².